The van der Waals surface area contributed by atoms with Crippen molar-refractivity contribution in [2.45, 2.75) is 45.6 Å². The Bertz CT molecular complexity index is 430. The fourth-order valence-corrected chi connectivity index (χ4v) is 2.75. The minimum absolute atomic E-state index is 0.00218. The number of nitrogens with zero attached hydrogens (tertiary/aromatic N) is 3. The Morgan fingerprint density at radius 3 is 2.83 bits per heavy atom. The van der Waals surface area contributed by atoms with Crippen molar-refractivity contribution in [3.63, 3.8) is 0 Å². The second-order valence-electron chi connectivity index (χ2n) is 4.64. The molecule has 0 aliphatic heterocycles. The highest BCUT2D eigenvalue weighted by Crippen LogP contribution is 2.39. The van der Waals surface area contributed by atoms with Gasteiger partial charge in [-0.3, -0.25) is 9.36 Å². The van der Waals surface area contributed by atoms with E-state index in [1.165, 1.54) is 0 Å². The lowest BCUT2D eigenvalue weighted by Gasteiger charge is -2.16. The van der Waals surface area contributed by atoms with Gasteiger partial charge in [0.2, 0.25) is 5.95 Å². The van der Waals surface area contributed by atoms with E-state index in [4.69, 9.17) is 0 Å². The molecule has 2 rings (SSSR count). The Labute approximate surface area is 106 Å². The zero-order chi connectivity index (χ0) is 13.1. The molecular formula is C12H20N4O2. The molecule has 0 spiro atoms. The maximum absolute atomic E-state index is 11.2. The Morgan fingerprint density at radius 1 is 1.44 bits per heavy atom. The molecule has 2 unspecified atom stereocenters. The summed E-state index contributed by atoms with van der Waals surface area (Å²) in [6.45, 7) is 5.57. The highest BCUT2D eigenvalue weighted by atomic mass is 16.4. The number of anilines is 1. The van der Waals surface area contributed by atoms with Crippen LogP contribution in [-0.2, 0) is 11.3 Å². The second kappa shape index (κ2) is 5.37. The van der Waals surface area contributed by atoms with Crippen LogP contribution in [0.1, 0.15) is 44.9 Å². The van der Waals surface area contributed by atoms with Gasteiger partial charge < -0.3 is 10.4 Å². The first-order valence-corrected chi connectivity index (χ1v) is 6.58. The predicted octanol–water partition coefficient (Wildman–Crippen LogP) is 1.70. The van der Waals surface area contributed by atoms with Crippen LogP contribution in [0.5, 0.6) is 0 Å². The Kier molecular flexibility index (Phi) is 3.84. The molecule has 1 aromatic rings. The fourth-order valence-electron chi connectivity index (χ4n) is 2.75. The van der Waals surface area contributed by atoms with Gasteiger partial charge in [0, 0.05) is 19.0 Å². The van der Waals surface area contributed by atoms with Crippen LogP contribution in [0.3, 0.4) is 0 Å². The van der Waals surface area contributed by atoms with Crippen LogP contribution in [0.25, 0.3) is 0 Å². The van der Waals surface area contributed by atoms with Gasteiger partial charge in [0.05, 0.1) is 5.92 Å². The largest absolute Gasteiger partial charge is 0.481 e. The zero-order valence-electron chi connectivity index (χ0n) is 10.9. The van der Waals surface area contributed by atoms with Gasteiger partial charge in [-0.1, -0.05) is 6.42 Å². The Balaban J connectivity index is 2.29. The Morgan fingerprint density at radius 2 is 2.22 bits per heavy atom. The number of rotatable bonds is 5. The summed E-state index contributed by atoms with van der Waals surface area (Å²) in [5.41, 5.74) is 0. The van der Waals surface area contributed by atoms with E-state index < -0.39 is 5.97 Å². The quantitative estimate of drug-likeness (QED) is 0.833. The average molecular weight is 252 g/mol. The van der Waals surface area contributed by atoms with E-state index in [1.54, 1.807) is 0 Å². The standard InChI is InChI=1S/C12H20N4O2/c1-3-13-12-15-14-10(16(12)4-2)8-6-5-7-9(8)11(17)18/h8-9H,3-7H2,1-2H3,(H,13,15)(H,17,18). The molecule has 1 fully saturated rings. The number of nitrogens with one attached hydrogen (secondary N) is 1. The van der Waals surface area contributed by atoms with Crippen molar-refractivity contribution in [1.82, 2.24) is 14.8 Å². The number of aliphatic carboxylic acids is 1. The minimum atomic E-state index is -0.715. The van der Waals surface area contributed by atoms with Crippen LogP contribution in [0, 0.1) is 5.92 Å². The summed E-state index contributed by atoms with van der Waals surface area (Å²) in [5.74, 6) is 0.536. The van der Waals surface area contributed by atoms with Crippen molar-refractivity contribution in [1.29, 1.82) is 0 Å². The SMILES string of the molecule is CCNc1nnc(C2CCCC2C(=O)O)n1CC. The van der Waals surface area contributed by atoms with E-state index in [9.17, 15) is 9.90 Å². The number of carbonyl (C=O) groups is 1. The van der Waals surface area contributed by atoms with E-state index in [2.05, 4.69) is 15.5 Å². The molecule has 18 heavy (non-hydrogen) atoms. The second-order valence-corrected chi connectivity index (χ2v) is 4.64. The summed E-state index contributed by atoms with van der Waals surface area (Å²) in [5, 5.41) is 20.7. The topological polar surface area (TPSA) is 80.0 Å². The first kappa shape index (κ1) is 12.9. The highest BCUT2D eigenvalue weighted by molar-refractivity contribution is 5.71. The monoisotopic (exact) mass is 252 g/mol. The number of carboxylic acids is 1. The average Bonchev–Trinajstić information content (AvgIpc) is 2.94. The molecule has 1 aromatic heterocycles. The molecule has 0 aromatic carbocycles. The van der Waals surface area contributed by atoms with Crippen molar-refractivity contribution >= 4 is 11.9 Å². The zero-order valence-corrected chi connectivity index (χ0v) is 10.9. The fraction of sp³-hybridized carbons (Fsp3) is 0.750. The molecular weight excluding hydrogens is 232 g/mol. The maximum atomic E-state index is 11.2. The van der Waals surface area contributed by atoms with Crippen molar-refractivity contribution in [2.24, 2.45) is 5.92 Å². The minimum Gasteiger partial charge on any atom is -0.481 e. The van der Waals surface area contributed by atoms with Crippen molar-refractivity contribution in [3.8, 4) is 0 Å². The lowest BCUT2D eigenvalue weighted by Crippen LogP contribution is -2.20. The van der Waals surface area contributed by atoms with Crippen LogP contribution in [-0.4, -0.2) is 32.4 Å². The Hall–Kier alpha value is -1.59. The lowest BCUT2D eigenvalue weighted by molar-refractivity contribution is -0.142. The molecule has 6 nitrogen and oxygen atoms in total. The van der Waals surface area contributed by atoms with Gasteiger partial charge in [-0.05, 0) is 26.7 Å². The molecule has 0 bridgehead atoms. The highest BCUT2D eigenvalue weighted by Gasteiger charge is 2.37. The van der Waals surface area contributed by atoms with Crippen LogP contribution >= 0.6 is 0 Å². The molecule has 100 valence electrons. The van der Waals surface area contributed by atoms with E-state index in [0.717, 1.165) is 44.1 Å². The normalized spacial score (nSPS) is 23.2. The lowest BCUT2D eigenvalue weighted by atomic mass is 9.95. The van der Waals surface area contributed by atoms with E-state index in [-0.39, 0.29) is 11.8 Å². The van der Waals surface area contributed by atoms with Gasteiger partial charge in [-0.25, -0.2) is 0 Å². The summed E-state index contributed by atoms with van der Waals surface area (Å²) in [6.07, 6.45) is 2.59. The van der Waals surface area contributed by atoms with Gasteiger partial charge >= 0.3 is 5.97 Å². The molecule has 0 amide bonds. The number of aromatic nitrogens is 3. The molecule has 1 aliphatic carbocycles. The molecule has 0 radical (unpaired) electrons. The first-order chi connectivity index (χ1) is 8.69. The smallest absolute Gasteiger partial charge is 0.307 e. The summed E-state index contributed by atoms with van der Waals surface area (Å²) >= 11 is 0. The van der Waals surface area contributed by atoms with Gasteiger partial charge in [0.1, 0.15) is 5.82 Å². The molecule has 1 heterocycles. The molecule has 0 saturated heterocycles. The van der Waals surface area contributed by atoms with E-state index >= 15 is 0 Å². The summed E-state index contributed by atoms with van der Waals surface area (Å²) < 4.78 is 2.00. The third kappa shape index (κ3) is 2.19. The van der Waals surface area contributed by atoms with Crippen LogP contribution < -0.4 is 5.32 Å². The number of carboxylic acid groups (broad SMARTS) is 1. The van der Waals surface area contributed by atoms with Crippen molar-refractivity contribution in [2.75, 3.05) is 11.9 Å². The maximum Gasteiger partial charge on any atom is 0.307 e. The van der Waals surface area contributed by atoms with E-state index in [0.29, 0.717) is 0 Å². The third-order valence-electron chi connectivity index (χ3n) is 3.60. The van der Waals surface area contributed by atoms with Crippen LogP contribution in [0.15, 0.2) is 0 Å². The van der Waals surface area contributed by atoms with Crippen LogP contribution in [0.2, 0.25) is 0 Å². The summed E-state index contributed by atoms with van der Waals surface area (Å²) in [7, 11) is 0. The molecule has 6 heteroatoms. The van der Waals surface area contributed by atoms with E-state index in [1.807, 2.05) is 18.4 Å². The van der Waals surface area contributed by atoms with Gasteiger partial charge in [-0.15, -0.1) is 10.2 Å². The predicted molar refractivity (Wildman–Crippen MR) is 67.6 cm³/mol. The number of hydrogen-bond donors (Lipinski definition) is 2. The van der Waals surface area contributed by atoms with Crippen molar-refractivity contribution < 1.29 is 9.90 Å². The molecule has 1 aliphatic rings. The number of hydrogen-bond acceptors (Lipinski definition) is 4. The van der Waals surface area contributed by atoms with Crippen LogP contribution in [0.4, 0.5) is 5.95 Å². The molecule has 2 N–H and O–H groups in total. The van der Waals surface area contributed by atoms with Gasteiger partial charge in [0.15, 0.2) is 0 Å². The summed E-state index contributed by atoms with van der Waals surface area (Å²) in [6, 6.07) is 0. The van der Waals surface area contributed by atoms with Gasteiger partial charge in [-0.2, -0.15) is 0 Å². The molecule has 2 atom stereocenters. The van der Waals surface area contributed by atoms with Crippen molar-refractivity contribution in [3.05, 3.63) is 5.82 Å². The summed E-state index contributed by atoms with van der Waals surface area (Å²) in [4.78, 5) is 11.2. The van der Waals surface area contributed by atoms with Gasteiger partial charge in [0.25, 0.3) is 0 Å². The first-order valence-electron chi connectivity index (χ1n) is 6.58. The molecule has 1 saturated carbocycles. The third-order valence-corrected chi connectivity index (χ3v) is 3.60.